The summed E-state index contributed by atoms with van der Waals surface area (Å²) in [6.07, 6.45) is 6.47. The number of aromatic nitrogens is 4. The average Bonchev–Trinajstić information content (AvgIpc) is 2.75. The van der Waals surface area contributed by atoms with Crippen molar-refractivity contribution in [1.29, 1.82) is 5.26 Å². The molecular formula is C9H8N6. The van der Waals surface area contributed by atoms with Crippen molar-refractivity contribution in [2.45, 2.75) is 6.54 Å². The molecule has 0 amide bonds. The number of anilines is 1. The van der Waals surface area contributed by atoms with Crippen molar-refractivity contribution < 1.29 is 0 Å². The zero-order valence-electron chi connectivity index (χ0n) is 7.81. The number of hydrogen-bond donors (Lipinski definition) is 2. The Morgan fingerprint density at radius 1 is 1.40 bits per heavy atom. The molecule has 0 spiro atoms. The molecular weight excluding hydrogens is 192 g/mol. The molecule has 0 fully saturated rings. The number of aromatic amines is 1. The van der Waals surface area contributed by atoms with Crippen molar-refractivity contribution in [3.8, 4) is 6.07 Å². The van der Waals surface area contributed by atoms with E-state index in [1.54, 1.807) is 24.8 Å². The molecule has 0 aliphatic carbocycles. The quantitative estimate of drug-likeness (QED) is 0.760. The predicted octanol–water partition coefficient (Wildman–Crippen LogP) is 0.683. The SMILES string of the molecule is N#Cc1[nH]ncc1NCc1cnccn1. The predicted molar refractivity (Wildman–Crippen MR) is 52.7 cm³/mol. The van der Waals surface area contributed by atoms with Gasteiger partial charge in [0.05, 0.1) is 30.3 Å². The van der Waals surface area contributed by atoms with E-state index in [0.29, 0.717) is 17.9 Å². The molecule has 0 aliphatic heterocycles. The second kappa shape index (κ2) is 4.19. The van der Waals surface area contributed by atoms with Crippen LogP contribution in [0.15, 0.2) is 24.8 Å². The fourth-order valence-corrected chi connectivity index (χ4v) is 1.11. The van der Waals surface area contributed by atoms with E-state index in [2.05, 4.69) is 25.5 Å². The Morgan fingerprint density at radius 3 is 3.07 bits per heavy atom. The third kappa shape index (κ3) is 2.08. The van der Waals surface area contributed by atoms with Crippen LogP contribution in [0.25, 0.3) is 0 Å². The van der Waals surface area contributed by atoms with Crippen LogP contribution in [0.2, 0.25) is 0 Å². The van der Waals surface area contributed by atoms with Gasteiger partial charge >= 0.3 is 0 Å². The summed E-state index contributed by atoms with van der Waals surface area (Å²) in [6.45, 7) is 0.516. The van der Waals surface area contributed by atoms with Crippen molar-refractivity contribution in [3.05, 3.63) is 36.2 Å². The highest BCUT2D eigenvalue weighted by molar-refractivity contribution is 5.51. The van der Waals surface area contributed by atoms with Gasteiger partial charge in [-0.05, 0) is 0 Å². The standard InChI is InChI=1S/C9H8N6/c10-3-8-9(6-14-15-8)13-5-7-4-11-1-2-12-7/h1-2,4,6,13H,5H2,(H,14,15). The summed E-state index contributed by atoms with van der Waals surface area (Å²) < 4.78 is 0. The van der Waals surface area contributed by atoms with E-state index in [-0.39, 0.29) is 0 Å². The zero-order chi connectivity index (χ0) is 10.5. The van der Waals surface area contributed by atoms with Crippen LogP contribution in [0, 0.1) is 11.3 Å². The lowest BCUT2D eigenvalue weighted by molar-refractivity contribution is 1.01. The van der Waals surface area contributed by atoms with Crippen LogP contribution in [-0.2, 0) is 6.54 Å². The maximum Gasteiger partial charge on any atom is 0.158 e. The Hall–Kier alpha value is -2.42. The van der Waals surface area contributed by atoms with Crippen LogP contribution in [0.4, 0.5) is 5.69 Å². The van der Waals surface area contributed by atoms with E-state index < -0.39 is 0 Å². The number of nitrogens with one attached hydrogen (secondary N) is 2. The van der Waals surface area contributed by atoms with Crippen LogP contribution in [-0.4, -0.2) is 20.2 Å². The monoisotopic (exact) mass is 200 g/mol. The lowest BCUT2D eigenvalue weighted by Crippen LogP contribution is -2.02. The van der Waals surface area contributed by atoms with Crippen LogP contribution in [0.1, 0.15) is 11.4 Å². The minimum absolute atomic E-state index is 0.416. The van der Waals surface area contributed by atoms with Crippen molar-refractivity contribution >= 4 is 5.69 Å². The summed E-state index contributed by atoms with van der Waals surface area (Å²) in [4.78, 5) is 8.03. The first-order chi connectivity index (χ1) is 7.40. The Morgan fingerprint density at radius 2 is 2.33 bits per heavy atom. The normalized spacial score (nSPS) is 9.53. The van der Waals surface area contributed by atoms with Gasteiger partial charge in [-0.2, -0.15) is 10.4 Å². The van der Waals surface area contributed by atoms with Gasteiger partial charge in [-0.3, -0.25) is 15.1 Å². The molecule has 6 heteroatoms. The molecule has 0 bridgehead atoms. The van der Waals surface area contributed by atoms with E-state index in [4.69, 9.17) is 5.26 Å². The zero-order valence-corrected chi connectivity index (χ0v) is 7.81. The fraction of sp³-hybridized carbons (Fsp3) is 0.111. The van der Waals surface area contributed by atoms with Gasteiger partial charge in [0.15, 0.2) is 5.69 Å². The highest BCUT2D eigenvalue weighted by atomic mass is 15.1. The molecule has 0 radical (unpaired) electrons. The first-order valence-corrected chi connectivity index (χ1v) is 4.32. The molecule has 2 aromatic heterocycles. The molecule has 0 unspecified atom stereocenters. The largest absolute Gasteiger partial charge is 0.376 e. The molecule has 0 aliphatic rings. The van der Waals surface area contributed by atoms with E-state index >= 15 is 0 Å². The molecule has 0 saturated carbocycles. The van der Waals surface area contributed by atoms with Gasteiger partial charge in [0.2, 0.25) is 0 Å². The first kappa shape index (κ1) is 9.15. The van der Waals surface area contributed by atoms with E-state index in [1.807, 2.05) is 6.07 Å². The highest BCUT2D eigenvalue weighted by Gasteiger charge is 2.03. The van der Waals surface area contributed by atoms with Gasteiger partial charge in [-0.15, -0.1) is 0 Å². The highest BCUT2D eigenvalue weighted by Crippen LogP contribution is 2.10. The summed E-state index contributed by atoms with van der Waals surface area (Å²) in [6, 6.07) is 2.00. The smallest absolute Gasteiger partial charge is 0.158 e. The lowest BCUT2D eigenvalue weighted by atomic mass is 10.3. The number of rotatable bonds is 3. The molecule has 2 rings (SSSR count). The minimum Gasteiger partial charge on any atom is -0.376 e. The Bertz CT molecular complexity index is 469. The Labute approximate surface area is 86.0 Å². The number of nitriles is 1. The fourth-order valence-electron chi connectivity index (χ4n) is 1.11. The van der Waals surface area contributed by atoms with Crippen molar-refractivity contribution in [1.82, 2.24) is 20.2 Å². The molecule has 6 nitrogen and oxygen atoms in total. The summed E-state index contributed by atoms with van der Waals surface area (Å²) in [5, 5.41) is 18.1. The molecule has 0 aromatic carbocycles. The molecule has 74 valence electrons. The second-order valence-electron chi connectivity index (χ2n) is 2.82. The van der Waals surface area contributed by atoms with Gasteiger partial charge in [-0.25, -0.2) is 0 Å². The van der Waals surface area contributed by atoms with E-state index in [0.717, 1.165) is 5.69 Å². The van der Waals surface area contributed by atoms with E-state index in [9.17, 15) is 0 Å². The molecule has 2 aromatic rings. The molecule has 15 heavy (non-hydrogen) atoms. The second-order valence-corrected chi connectivity index (χ2v) is 2.82. The molecule has 2 heterocycles. The van der Waals surface area contributed by atoms with Crippen molar-refractivity contribution in [2.24, 2.45) is 0 Å². The van der Waals surface area contributed by atoms with Crippen LogP contribution in [0.5, 0.6) is 0 Å². The van der Waals surface area contributed by atoms with Gasteiger partial charge in [-0.1, -0.05) is 0 Å². The summed E-state index contributed by atoms with van der Waals surface area (Å²) in [7, 11) is 0. The number of H-pyrrole nitrogens is 1. The molecule has 0 atom stereocenters. The van der Waals surface area contributed by atoms with Gasteiger partial charge < -0.3 is 5.32 Å². The lowest BCUT2D eigenvalue weighted by Gasteiger charge is -2.01. The number of hydrogen-bond acceptors (Lipinski definition) is 5. The van der Waals surface area contributed by atoms with Crippen LogP contribution in [0.3, 0.4) is 0 Å². The summed E-state index contributed by atoms with van der Waals surface area (Å²) in [5.41, 5.74) is 1.89. The van der Waals surface area contributed by atoms with Crippen LogP contribution >= 0.6 is 0 Å². The maximum atomic E-state index is 8.72. The van der Waals surface area contributed by atoms with Gasteiger partial charge in [0.1, 0.15) is 6.07 Å². The van der Waals surface area contributed by atoms with Crippen molar-refractivity contribution in [3.63, 3.8) is 0 Å². The van der Waals surface area contributed by atoms with Crippen molar-refractivity contribution in [2.75, 3.05) is 5.32 Å². The summed E-state index contributed by atoms with van der Waals surface area (Å²) in [5.74, 6) is 0. The third-order valence-electron chi connectivity index (χ3n) is 1.83. The van der Waals surface area contributed by atoms with Crippen LogP contribution < -0.4 is 5.32 Å². The first-order valence-electron chi connectivity index (χ1n) is 4.32. The van der Waals surface area contributed by atoms with Gasteiger partial charge in [0.25, 0.3) is 0 Å². The maximum absolute atomic E-state index is 8.72. The summed E-state index contributed by atoms with van der Waals surface area (Å²) >= 11 is 0. The topological polar surface area (TPSA) is 90.3 Å². The minimum atomic E-state index is 0.416. The molecule has 0 saturated heterocycles. The van der Waals surface area contributed by atoms with Gasteiger partial charge in [0, 0.05) is 12.4 Å². The Kier molecular flexibility index (Phi) is 2.56. The third-order valence-corrected chi connectivity index (χ3v) is 1.83. The van der Waals surface area contributed by atoms with E-state index in [1.165, 1.54) is 0 Å². The average molecular weight is 200 g/mol. The number of nitrogens with zero attached hydrogens (tertiary/aromatic N) is 4. The Balaban J connectivity index is 2.03. The molecule has 2 N–H and O–H groups in total.